The second-order valence-electron chi connectivity index (χ2n) is 5.37. The first-order valence-corrected chi connectivity index (χ1v) is 7.76. The molecule has 4 rings (SSSR count). The van der Waals surface area contributed by atoms with Gasteiger partial charge in [0, 0.05) is 16.1 Å². The number of aromatic hydroxyl groups is 2. The van der Waals surface area contributed by atoms with Crippen molar-refractivity contribution in [2.45, 2.75) is 0 Å². The lowest BCUT2D eigenvalue weighted by Crippen LogP contribution is -1.90. The summed E-state index contributed by atoms with van der Waals surface area (Å²) in [5.41, 5.74) is 4.35. The van der Waals surface area contributed by atoms with E-state index in [-0.39, 0.29) is 0 Å². The number of rotatable bonds is 2. The van der Waals surface area contributed by atoms with Crippen LogP contribution >= 0.6 is 11.6 Å². The molecule has 25 heavy (non-hydrogen) atoms. The molecule has 0 bridgehead atoms. The standard InChI is InChI=1S/C18H11ClN4O2/c19-12-5-6-13-14(7-12)20-8-15(22-13)10-1-3-11(4-2-10)16-9-21-17(24)18(25)23-16/h1-9H,(H,21,24)(H,23,25). The van der Waals surface area contributed by atoms with E-state index in [0.717, 1.165) is 27.9 Å². The second-order valence-corrected chi connectivity index (χ2v) is 5.80. The topological polar surface area (TPSA) is 92.0 Å². The molecule has 0 saturated carbocycles. The first-order valence-electron chi connectivity index (χ1n) is 7.38. The van der Waals surface area contributed by atoms with Crippen molar-refractivity contribution in [1.29, 1.82) is 0 Å². The van der Waals surface area contributed by atoms with Gasteiger partial charge in [-0.2, -0.15) is 0 Å². The zero-order valence-corrected chi connectivity index (χ0v) is 13.5. The maximum absolute atomic E-state index is 9.46. The molecule has 4 aromatic rings. The highest BCUT2D eigenvalue weighted by molar-refractivity contribution is 6.31. The first kappa shape index (κ1) is 15.3. The minimum atomic E-state index is -0.499. The van der Waals surface area contributed by atoms with Crippen LogP contribution in [0.3, 0.4) is 0 Å². The third kappa shape index (κ3) is 2.95. The molecule has 2 aromatic heterocycles. The molecule has 2 aromatic carbocycles. The van der Waals surface area contributed by atoms with Crippen molar-refractivity contribution < 1.29 is 10.2 Å². The molecule has 2 N–H and O–H groups in total. The van der Waals surface area contributed by atoms with E-state index in [9.17, 15) is 10.2 Å². The predicted octanol–water partition coefficient (Wildman–Crippen LogP) is 3.82. The lowest BCUT2D eigenvalue weighted by Gasteiger charge is -2.05. The normalized spacial score (nSPS) is 10.9. The van der Waals surface area contributed by atoms with E-state index >= 15 is 0 Å². The summed E-state index contributed by atoms with van der Waals surface area (Å²) in [4.78, 5) is 16.6. The Morgan fingerprint density at radius 1 is 0.680 bits per heavy atom. The molecule has 0 aliphatic carbocycles. The minimum Gasteiger partial charge on any atom is -0.489 e. The third-order valence-electron chi connectivity index (χ3n) is 3.72. The molecule has 0 aliphatic heterocycles. The minimum absolute atomic E-state index is 0.459. The van der Waals surface area contributed by atoms with E-state index in [2.05, 4.69) is 19.9 Å². The van der Waals surface area contributed by atoms with Crippen molar-refractivity contribution in [3.05, 3.63) is 59.9 Å². The molecule has 0 spiro atoms. The zero-order chi connectivity index (χ0) is 17.4. The molecular formula is C18H11ClN4O2. The average Bonchev–Trinajstić information content (AvgIpc) is 2.64. The molecule has 0 aliphatic rings. The Hall–Kier alpha value is -3.25. The molecule has 2 heterocycles. The summed E-state index contributed by atoms with van der Waals surface area (Å²) in [6.45, 7) is 0. The summed E-state index contributed by atoms with van der Waals surface area (Å²) in [7, 11) is 0. The molecule has 0 atom stereocenters. The van der Waals surface area contributed by atoms with Gasteiger partial charge >= 0.3 is 0 Å². The molecule has 6 nitrogen and oxygen atoms in total. The summed E-state index contributed by atoms with van der Waals surface area (Å²) in [6, 6.07) is 12.8. The van der Waals surface area contributed by atoms with Crippen molar-refractivity contribution in [3.8, 4) is 34.3 Å². The van der Waals surface area contributed by atoms with Gasteiger partial charge in [-0.3, -0.25) is 4.98 Å². The summed E-state index contributed by atoms with van der Waals surface area (Å²) in [5.74, 6) is -0.993. The number of hydrogen-bond acceptors (Lipinski definition) is 6. The molecule has 7 heteroatoms. The van der Waals surface area contributed by atoms with Gasteiger partial charge in [-0.25, -0.2) is 15.0 Å². The summed E-state index contributed by atoms with van der Waals surface area (Å²) in [5, 5.41) is 19.3. The van der Waals surface area contributed by atoms with Crippen LogP contribution in [0.1, 0.15) is 0 Å². The van der Waals surface area contributed by atoms with Crippen LogP contribution in [-0.4, -0.2) is 30.1 Å². The van der Waals surface area contributed by atoms with E-state index in [0.29, 0.717) is 10.7 Å². The zero-order valence-electron chi connectivity index (χ0n) is 12.8. The highest BCUT2D eigenvalue weighted by Crippen LogP contribution is 2.26. The van der Waals surface area contributed by atoms with E-state index in [1.165, 1.54) is 6.20 Å². The third-order valence-corrected chi connectivity index (χ3v) is 3.95. The van der Waals surface area contributed by atoms with Crippen molar-refractivity contribution in [2.24, 2.45) is 0 Å². The van der Waals surface area contributed by atoms with Gasteiger partial charge in [0.2, 0.25) is 0 Å². The van der Waals surface area contributed by atoms with Crippen molar-refractivity contribution in [3.63, 3.8) is 0 Å². The SMILES string of the molecule is Oc1ncc(-c2ccc(-c3cnc4cc(Cl)ccc4n3)cc2)nc1O. The number of benzene rings is 2. The Balaban J connectivity index is 1.70. The van der Waals surface area contributed by atoms with E-state index in [4.69, 9.17) is 11.6 Å². The van der Waals surface area contributed by atoms with Gasteiger partial charge in [-0.05, 0) is 18.2 Å². The first-order chi connectivity index (χ1) is 12.1. The smallest absolute Gasteiger partial charge is 0.276 e. The Kier molecular flexibility index (Phi) is 3.66. The van der Waals surface area contributed by atoms with Crippen LogP contribution in [0.4, 0.5) is 0 Å². The summed E-state index contributed by atoms with van der Waals surface area (Å²) in [6.07, 6.45) is 3.09. The van der Waals surface area contributed by atoms with E-state index in [1.807, 2.05) is 30.3 Å². The van der Waals surface area contributed by atoms with Crippen LogP contribution < -0.4 is 0 Å². The van der Waals surface area contributed by atoms with Gasteiger partial charge < -0.3 is 10.2 Å². The van der Waals surface area contributed by atoms with E-state index in [1.54, 1.807) is 18.3 Å². The van der Waals surface area contributed by atoms with Crippen LogP contribution in [0, 0.1) is 0 Å². The van der Waals surface area contributed by atoms with Crippen LogP contribution in [0.15, 0.2) is 54.9 Å². The fourth-order valence-corrected chi connectivity index (χ4v) is 2.61. The lowest BCUT2D eigenvalue weighted by molar-refractivity contribution is 0.375. The van der Waals surface area contributed by atoms with Gasteiger partial charge in [0.25, 0.3) is 11.8 Å². The Morgan fingerprint density at radius 3 is 2.00 bits per heavy atom. The molecule has 0 unspecified atom stereocenters. The Morgan fingerprint density at radius 2 is 1.32 bits per heavy atom. The monoisotopic (exact) mass is 350 g/mol. The molecule has 0 radical (unpaired) electrons. The van der Waals surface area contributed by atoms with Crippen LogP contribution in [0.2, 0.25) is 5.02 Å². The molecular weight excluding hydrogens is 340 g/mol. The molecule has 0 amide bonds. The number of fused-ring (bicyclic) bond motifs is 1. The average molecular weight is 351 g/mol. The Bertz CT molecular complexity index is 1080. The lowest BCUT2D eigenvalue weighted by atomic mass is 10.1. The number of nitrogens with zero attached hydrogens (tertiary/aromatic N) is 4. The van der Waals surface area contributed by atoms with Crippen molar-refractivity contribution in [2.75, 3.05) is 0 Å². The fraction of sp³-hybridized carbons (Fsp3) is 0. The maximum atomic E-state index is 9.46. The summed E-state index contributed by atoms with van der Waals surface area (Å²) >= 11 is 5.96. The van der Waals surface area contributed by atoms with Gasteiger partial charge in [-0.15, -0.1) is 0 Å². The second kappa shape index (κ2) is 5.99. The summed E-state index contributed by atoms with van der Waals surface area (Å²) < 4.78 is 0. The molecule has 0 fully saturated rings. The van der Waals surface area contributed by atoms with Crippen LogP contribution in [-0.2, 0) is 0 Å². The number of halogens is 1. The molecule has 0 saturated heterocycles. The Labute approximate surface area is 147 Å². The maximum Gasteiger partial charge on any atom is 0.276 e. The van der Waals surface area contributed by atoms with Gasteiger partial charge in [0.1, 0.15) is 0 Å². The van der Waals surface area contributed by atoms with Crippen molar-refractivity contribution >= 4 is 22.6 Å². The number of aromatic nitrogens is 4. The van der Waals surface area contributed by atoms with Gasteiger partial charge in [-0.1, -0.05) is 35.9 Å². The van der Waals surface area contributed by atoms with Gasteiger partial charge in [0.05, 0.1) is 34.8 Å². The number of hydrogen-bond donors (Lipinski definition) is 2. The van der Waals surface area contributed by atoms with Crippen LogP contribution in [0.5, 0.6) is 11.8 Å². The highest BCUT2D eigenvalue weighted by Gasteiger charge is 2.08. The van der Waals surface area contributed by atoms with E-state index < -0.39 is 11.8 Å². The largest absolute Gasteiger partial charge is 0.489 e. The van der Waals surface area contributed by atoms with Gasteiger partial charge in [0.15, 0.2) is 0 Å². The van der Waals surface area contributed by atoms with Crippen molar-refractivity contribution in [1.82, 2.24) is 19.9 Å². The quantitative estimate of drug-likeness (QED) is 0.571. The molecule has 122 valence electrons. The van der Waals surface area contributed by atoms with Crippen LogP contribution in [0.25, 0.3) is 33.5 Å². The fourth-order valence-electron chi connectivity index (χ4n) is 2.45. The highest BCUT2D eigenvalue weighted by atomic mass is 35.5. The predicted molar refractivity (Wildman–Crippen MR) is 94.3 cm³/mol.